The maximum absolute atomic E-state index is 5.50. The number of aromatic nitrogens is 2. The molecule has 2 nitrogen and oxygen atoms in total. The number of nitrogens with zero attached hydrogens (tertiary/aromatic N) is 2. The Morgan fingerprint density at radius 3 is 1.67 bits per heavy atom. The summed E-state index contributed by atoms with van der Waals surface area (Å²) in [5.41, 5.74) is 7.82. The monoisotopic (exact) mass is 640 g/mol. The Bertz CT molecular complexity index is 2880. The van der Waals surface area contributed by atoms with Gasteiger partial charge in [0.15, 0.2) is 5.82 Å². The van der Waals surface area contributed by atoms with Crippen LogP contribution in [-0.2, 0) is 0 Å². The molecule has 2 aromatic heterocycles. The SMILES string of the molecule is c1ccc(-c2cccc(-c3cccc(-c4nc(-c5cccc6ccccc56)nc5sc6c7ccccc7c7ccccc7c6c45)c3)c2)cc1. The second-order valence-corrected chi connectivity index (χ2v) is 13.5. The van der Waals surface area contributed by atoms with Crippen LogP contribution in [0.4, 0.5) is 0 Å². The number of rotatable bonds is 4. The van der Waals surface area contributed by atoms with E-state index in [9.17, 15) is 0 Å². The van der Waals surface area contributed by atoms with E-state index in [-0.39, 0.29) is 0 Å². The Morgan fingerprint density at radius 1 is 0.367 bits per heavy atom. The lowest BCUT2D eigenvalue weighted by atomic mass is 9.94. The van der Waals surface area contributed by atoms with E-state index in [0.29, 0.717) is 0 Å². The fourth-order valence-electron chi connectivity index (χ4n) is 7.40. The molecule has 0 radical (unpaired) electrons. The Morgan fingerprint density at radius 2 is 0.898 bits per heavy atom. The van der Waals surface area contributed by atoms with Gasteiger partial charge in [0, 0.05) is 32.0 Å². The minimum atomic E-state index is 0.746. The van der Waals surface area contributed by atoms with Crippen LogP contribution in [0.15, 0.2) is 170 Å². The molecule has 10 aromatic rings. The molecule has 0 saturated carbocycles. The first-order chi connectivity index (χ1) is 24.3. The molecular weight excluding hydrogens is 613 g/mol. The van der Waals surface area contributed by atoms with E-state index in [1.165, 1.54) is 53.7 Å². The molecule has 0 fully saturated rings. The second-order valence-electron chi connectivity index (χ2n) is 12.5. The van der Waals surface area contributed by atoms with Crippen LogP contribution in [-0.4, -0.2) is 9.97 Å². The van der Waals surface area contributed by atoms with Gasteiger partial charge in [0.2, 0.25) is 0 Å². The van der Waals surface area contributed by atoms with E-state index in [1.54, 1.807) is 11.3 Å². The van der Waals surface area contributed by atoms with Gasteiger partial charge < -0.3 is 0 Å². The number of thiophene rings is 1. The molecular formula is C46H28N2S. The summed E-state index contributed by atoms with van der Waals surface area (Å²) in [5, 5.41) is 9.67. The number of hydrogen-bond acceptors (Lipinski definition) is 3. The Balaban J connectivity index is 1.28. The van der Waals surface area contributed by atoms with Crippen molar-refractivity contribution in [3.63, 3.8) is 0 Å². The summed E-state index contributed by atoms with van der Waals surface area (Å²) in [5.74, 6) is 0.746. The first-order valence-corrected chi connectivity index (χ1v) is 17.4. The van der Waals surface area contributed by atoms with E-state index in [0.717, 1.165) is 43.8 Å². The molecule has 0 atom stereocenters. The highest BCUT2D eigenvalue weighted by atomic mass is 32.1. The zero-order valence-electron chi connectivity index (χ0n) is 26.5. The topological polar surface area (TPSA) is 25.8 Å². The highest BCUT2D eigenvalue weighted by Crippen LogP contribution is 2.47. The molecule has 3 heteroatoms. The van der Waals surface area contributed by atoms with Crippen LogP contribution in [0.5, 0.6) is 0 Å². The number of hydrogen-bond donors (Lipinski definition) is 0. The van der Waals surface area contributed by atoms with Crippen LogP contribution in [0.25, 0.3) is 97.5 Å². The third kappa shape index (κ3) is 4.55. The largest absolute Gasteiger partial charge is 0.227 e. The fourth-order valence-corrected chi connectivity index (χ4v) is 8.63. The molecule has 0 aliphatic heterocycles. The predicted molar refractivity (Wildman–Crippen MR) is 209 cm³/mol. The molecule has 0 bridgehead atoms. The van der Waals surface area contributed by atoms with Crippen molar-refractivity contribution >= 4 is 64.0 Å². The van der Waals surface area contributed by atoms with Crippen molar-refractivity contribution < 1.29 is 0 Å². The molecule has 2 heterocycles. The number of fused-ring (bicyclic) bond motifs is 9. The van der Waals surface area contributed by atoms with Crippen molar-refractivity contribution in [2.75, 3.05) is 0 Å². The van der Waals surface area contributed by atoms with E-state index in [1.807, 2.05) is 0 Å². The summed E-state index contributed by atoms with van der Waals surface area (Å²) in [6, 6.07) is 60.7. The van der Waals surface area contributed by atoms with Crippen molar-refractivity contribution in [3.8, 4) is 44.9 Å². The van der Waals surface area contributed by atoms with E-state index >= 15 is 0 Å². The molecule has 0 amide bonds. The molecule has 10 rings (SSSR count). The second kappa shape index (κ2) is 11.2. The molecule has 0 N–H and O–H groups in total. The highest BCUT2D eigenvalue weighted by Gasteiger charge is 2.21. The highest BCUT2D eigenvalue weighted by molar-refractivity contribution is 7.26. The Hall–Kier alpha value is -6.16. The summed E-state index contributed by atoms with van der Waals surface area (Å²) in [6.45, 7) is 0. The lowest BCUT2D eigenvalue weighted by Crippen LogP contribution is -1.95. The van der Waals surface area contributed by atoms with Gasteiger partial charge in [-0.1, -0.05) is 158 Å². The molecule has 49 heavy (non-hydrogen) atoms. The average Bonchev–Trinajstić information content (AvgIpc) is 3.58. The standard InChI is InChI=1S/C46H28N2S/c1-2-13-29(14-3-1)31-17-10-18-32(27-31)33-19-11-20-34(28-33)43-42-41-38-24-8-6-22-36(38)37-23-7-9-25-39(37)44(41)49-46(42)48-45(47-43)40-26-12-16-30-15-4-5-21-35(30)40/h1-28H. The maximum atomic E-state index is 5.50. The van der Waals surface area contributed by atoms with Crippen molar-refractivity contribution in [1.29, 1.82) is 0 Å². The van der Waals surface area contributed by atoms with Crippen LogP contribution >= 0.6 is 11.3 Å². The first kappa shape index (κ1) is 27.9. The van der Waals surface area contributed by atoms with Gasteiger partial charge in [-0.25, -0.2) is 9.97 Å². The molecule has 0 unspecified atom stereocenters. The summed E-state index contributed by atoms with van der Waals surface area (Å²) >= 11 is 1.78. The van der Waals surface area contributed by atoms with E-state index in [4.69, 9.17) is 9.97 Å². The Kier molecular flexibility index (Phi) is 6.39. The van der Waals surface area contributed by atoms with Gasteiger partial charge in [-0.15, -0.1) is 11.3 Å². The normalized spacial score (nSPS) is 11.7. The summed E-state index contributed by atoms with van der Waals surface area (Å²) in [7, 11) is 0. The maximum Gasteiger partial charge on any atom is 0.162 e. The fraction of sp³-hybridized carbons (Fsp3) is 0. The molecule has 0 spiro atoms. The minimum absolute atomic E-state index is 0.746. The van der Waals surface area contributed by atoms with Crippen LogP contribution in [0.3, 0.4) is 0 Å². The van der Waals surface area contributed by atoms with Crippen molar-refractivity contribution in [1.82, 2.24) is 9.97 Å². The van der Waals surface area contributed by atoms with Crippen molar-refractivity contribution in [2.24, 2.45) is 0 Å². The Labute approximate surface area is 287 Å². The summed E-state index contributed by atoms with van der Waals surface area (Å²) in [6.07, 6.45) is 0. The summed E-state index contributed by atoms with van der Waals surface area (Å²) < 4.78 is 1.25. The van der Waals surface area contributed by atoms with E-state index in [2.05, 4.69) is 170 Å². The van der Waals surface area contributed by atoms with Crippen molar-refractivity contribution in [3.05, 3.63) is 170 Å². The molecule has 0 saturated heterocycles. The molecule has 0 aliphatic carbocycles. The predicted octanol–water partition coefficient (Wildman–Crippen LogP) is 13.0. The number of benzene rings is 8. The quantitative estimate of drug-likeness (QED) is 0.179. The lowest BCUT2D eigenvalue weighted by Gasteiger charge is -2.12. The molecule has 8 aromatic carbocycles. The molecule has 0 aliphatic rings. The van der Waals surface area contributed by atoms with Gasteiger partial charge in [0.1, 0.15) is 4.83 Å². The van der Waals surface area contributed by atoms with Crippen LogP contribution in [0.1, 0.15) is 0 Å². The van der Waals surface area contributed by atoms with Gasteiger partial charge in [0.25, 0.3) is 0 Å². The zero-order chi connectivity index (χ0) is 32.3. The smallest absolute Gasteiger partial charge is 0.162 e. The molecule has 228 valence electrons. The lowest BCUT2D eigenvalue weighted by molar-refractivity contribution is 1.25. The zero-order valence-corrected chi connectivity index (χ0v) is 27.3. The van der Waals surface area contributed by atoms with E-state index < -0.39 is 0 Å². The summed E-state index contributed by atoms with van der Waals surface area (Å²) in [4.78, 5) is 11.9. The van der Waals surface area contributed by atoms with Gasteiger partial charge in [-0.3, -0.25) is 0 Å². The van der Waals surface area contributed by atoms with Crippen LogP contribution < -0.4 is 0 Å². The third-order valence-electron chi connectivity index (χ3n) is 9.68. The minimum Gasteiger partial charge on any atom is -0.227 e. The average molecular weight is 641 g/mol. The van der Waals surface area contributed by atoms with Gasteiger partial charge in [-0.2, -0.15) is 0 Å². The van der Waals surface area contributed by atoms with Crippen molar-refractivity contribution in [2.45, 2.75) is 0 Å². The first-order valence-electron chi connectivity index (χ1n) is 16.6. The van der Waals surface area contributed by atoms with Gasteiger partial charge in [-0.05, 0) is 61.3 Å². The van der Waals surface area contributed by atoms with Crippen LogP contribution in [0.2, 0.25) is 0 Å². The van der Waals surface area contributed by atoms with Crippen LogP contribution in [0, 0.1) is 0 Å². The third-order valence-corrected chi connectivity index (χ3v) is 10.8. The van der Waals surface area contributed by atoms with Gasteiger partial charge in [0.05, 0.1) is 5.69 Å². The van der Waals surface area contributed by atoms with Gasteiger partial charge >= 0.3 is 0 Å².